The topological polar surface area (TPSA) is 66.9 Å². The fourth-order valence-electron chi connectivity index (χ4n) is 3.63. The number of aryl methyl sites for hydroxylation is 1. The van der Waals surface area contributed by atoms with Gasteiger partial charge in [-0.05, 0) is 55.1 Å². The predicted octanol–water partition coefficient (Wildman–Crippen LogP) is 5.33. The maximum absolute atomic E-state index is 12.4. The molecule has 1 aromatic carbocycles. The first-order valence-electron chi connectivity index (χ1n) is 9.66. The minimum absolute atomic E-state index is 0.0180. The summed E-state index contributed by atoms with van der Waals surface area (Å²) in [5.41, 5.74) is 1.78. The number of rotatable bonds is 5. The third-order valence-corrected chi connectivity index (χ3v) is 6.22. The van der Waals surface area contributed by atoms with Crippen molar-refractivity contribution in [1.29, 1.82) is 0 Å². The molecule has 28 heavy (non-hydrogen) atoms. The van der Waals surface area contributed by atoms with E-state index in [0.717, 1.165) is 34.4 Å². The number of nitrogens with one attached hydrogen (secondary N) is 2. The van der Waals surface area contributed by atoms with Gasteiger partial charge in [-0.2, -0.15) is 0 Å². The van der Waals surface area contributed by atoms with Crippen LogP contribution in [0.2, 0.25) is 5.28 Å². The van der Waals surface area contributed by atoms with Crippen LogP contribution >= 0.6 is 22.9 Å². The zero-order valence-electron chi connectivity index (χ0n) is 15.8. The Morgan fingerprint density at radius 3 is 2.68 bits per heavy atom. The van der Waals surface area contributed by atoms with Crippen molar-refractivity contribution in [3.8, 4) is 0 Å². The summed E-state index contributed by atoms with van der Waals surface area (Å²) in [6.07, 6.45) is 5.87. The molecule has 0 unspecified atom stereocenters. The first-order valence-corrected chi connectivity index (χ1v) is 10.9. The van der Waals surface area contributed by atoms with Gasteiger partial charge in [0.2, 0.25) is 5.28 Å². The Morgan fingerprint density at radius 1 is 1.18 bits per heavy atom. The van der Waals surface area contributed by atoms with Gasteiger partial charge in [0, 0.05) is 23.0 Å². The summed E-state index contributed by atoms with van der Waals surface area (Å²) in [5, 5.41) is 7.72. The summed E-state index contributed by atoms with van der Waals surface area (Å²) in [6.45, 7) is 2.64. The molecule has 5 nitrogen and oxygen atoms in total. The molecule has 0 bridgehead atoms. The van der Waals surface area contributed by atoms with Gasteiger partial charge in [0.05, 0.1) is 5.39 Å². The first-order chi connectivity index (χ1) is 13.6. The van der Waals surface area contributed by atoms with Gasteiger partial charge in [-0.15, -0.1) is 11.3 Å². The highest BCUT2D eigenvalue weighted by molar-refractivity contribution is 7.18. The molecular formula is C21H23ClN4OS. The Labute approximate surface area is 173 Å². The van der Waals surface area contributed by atoms with Crippen LogP contribution in [0.4, 0.5) is 5.82 Å². The lowest BCUT2D eigenvalue weighted by atomic mass is 9.95. The van der Waals surface area contributed by atoms with Crippen molar-refractivity contribution >= 4 is 44.9 Å². The predicted molar refractivity (Wildman–Crippen MR) is 115 cm³/mol. The lowest BCUT2D eigenvalue weighted by molar-refractivity contribution is 0.0927. The van der Waals surface area contributed by atoms with E-state index in [1.54, 1.807) is 11.3 Å². The molecule has 4 rings (SSSR count). The zero-order valence-corrected chi connectivity index (χ0v) is 17.4. The minimum atomic E-state index is 0.0180. The number of carbonyl (C=O) groups is 1. The van der Waals surface area contributed by atoms with E-state index in [1.165, 1.54) is 24.1 Å². The standard InChI is InChI=1S/C21H23ClN4OS/c1-13-11-17-18(25-21(22)26-20(17)28-13)23-12-14-7-9-15(10-8-14)19(27)24-16-5-3-2-4-6-16/h7-11,16H,2-6,12H2,1H3,(H,24,27)(H,23,25,26). The maximum Gasteiger partial charge on any atom is 0.251 e. The molecule has 2 aromatic heterocycles. The normalized spacial score (nSPS) is 14.9. The number of benzene rings is 1. The van der Waals surface area contributed by atoms with Crippen LogP contribution in [-0.4, -0.2) is 21.9 Å². The van der Waals surface area contributed by atoms with E-state index < -0.39 is 0 Å². The largest absolute Gasteiger partial charge is 0.365 e. The molecule has 7 heteroatoms. The Kier molecular flexibility index (Phi) is 5.78. The molecule has 2 N–H and O–H groups in total. The molecule has 1 fully saturated rings. The highest BCUT2D eigenvalue weighted by Gasteiger charge is 2.16. The Hall–Kier alpha value is -2.18. The van der Waals surface area contributed by atoms with Crippen molar-refractivity contribution in [3.63, 3.8) is 0 Å². The van der Waals surface area contributed by atoms with E-state index >= 15 is 0 Å². The fraction of sp³-hybridized carbons (Fsp3) is 0.381. The number of carbonyl (C=O) groups excluding carboxylic acids is 1. The number of nitrogens with zero attached hydrogens (tertiary/aromatic N) is 2. The van der Waals surface area contributed by atoms with Gasteiger partial charge in [0.15, 0.2) is 0 Å². The highest BCUT2D eigenvalue weighted by Crippen LogP contribution is 2.29. The molecule has 0 radical (unpaired) electrons. The van der Waals surface area contributed by atoms with E-state index in [1.807, 2.05) is 31.2 Å². The summed E-state index contributed by atoms with van der Waals surface area (Å²) >= 11 is 7.65. The second kappa shape index (κ2) is 8.45. The summed E-state index contributed by atoms with van der Waals surface area (Å²) in [7, 11) is 0. The number of hydrogen-bond donors (Lipinski definition) is 2. The quantitative estimate of drug-likeness (QED) is 0.554. The highest BCUT2D eigenvalue weighted by atomic mass is 35.5. The maximum atomic E-state index is 12.4. The van der Waals surface area contributed by atoms with Crippen LogP contribution in [0.1, 0.15) is 52.9 Å². The molecule has 2 heterocycles. The van der Waals surface area contributed by atoms with E-state index in [-0.39, 0.29) is 11.2 Å². The van der Waals surface area contributed by atoms with Gasteiger partial charge in [-0.3, -0.25) is 4.79 Å². The Balaban J connectivity index is 1.40. The van der Waals surface area contributed by atoms with Crippen LogP contribution in [0.15, 0.2) is 30.3 Å². The molecule has 0 spiro atoms. The number of halogens is 1. The molecule has 1 saturated carbocycles. The number of anilines is 1. The lowest BCUT2D eigenvalue weighted by Gasteiger charge is -2.22. The van der Waals surface area contributed by atoms with Gasteiger partial charge in [0.25, 0.3) is 5.91 Å². The Bertz CT molecular complexity index is 980. The first kappa shape index (κ1) is 19.2. The minimum Gasteiger partial charge on any atom is -0.365 e. The van der Waals surface area contributed by atoms with Crippen LogP contribution in [0.25, 0.3) is 10.2 Å². The van der Waals surface area contributed by atoms with Gasteiger partial charge >= 0.3 is 0 Å². The molecule has 1 amide bonds. The van der Waals surface area contributed by atoms with Gasteiger partial charge < -0.3 is 10.6 Å². The number of fused-ring (bicyclic) bond motifs is 1. The molecular weight excluding hydrogens is 392 g/mol. The van der Waals surface area contributed by atoms with Crippen molar-refractivity contribution in [2.75, 3.05) is 5.32 Å². The number of hydrogen-bond acceptors (Lipinski definition) is 5. The fourth-order valence-corrected chi connectivity index (χ4v) is 4.72. The molecule has 0 atom stereocenters. The molecule has 1 aliphatic carbocycles. The van der Waals surface area contributed by atoms with Gasteiger partial charge in [-0.25, -0.2) is 9.97 Å². The molecule has 0 saturated heterocycles. The molecule has 1 aliphatic rings. The van der Waals surface area contributed by atoms with Crippen molar-refractivity contribution in [2.45, 2.75) is 51.6 Å². The number of thiophene rings is 1. The van der Waals surface area contributed by atoms with Crippen LogP contribution < -0.4 is 10.6 Å². The smallest absolute Gasteiger partial charge is 0.251 e. The third-order valence-electron chi connectivity index (χ3n) is 5.11. The summed E-state index contributed by atoms with van der Waals surface area (Å²) in [4.78, 5) is 23.1. The van der Waals surface area contributed by atoms with Crippen molar-refractivity contribution in [1.82, 2.24) is 15.3 Å². The SMILES string of the molecule is Cc1cc2c(NCc3ccc(C(=O)NC4CCCCC4)cc3)nc(Cl)nc2s1. The van der Waals surface area contributed by atoms with Crippen molar-refractivity contribution in [3.05, 3.63) is 51.6 Å². The summed E-state index contributed by atoms with van der Waals surface area (Å²) in [5.74, 6) is 0.753. The monoisotopic (exact) mass is 414 g/mol. The average molecular weight is 415 g/mol. The van der Waals surface area contributed by atoms with E-state index in [0.29, 0.717) is 18.2 Å². The van der Waals surface area contributed by atoms with Gasteiger partial charge in [-0.1, -0.05) is 31.4 Å². The van der Waals surface area contributed by atoms with Crippen LogP contribution in [-0.2, 0) is 6.54 Å². The van der Waals surface area contributed by atoms with Crippen molar-refractivity contribution < 1.29 is 4.79 Å². The van der Waals surface area contributed by atoms with Crippen LogP contribution in [0.3, 0.4) is 0 Å². The van der Waals surface area contributed by atoms with E-state index in [9.17, 15) is 4.79 Å². The van der Waals surface area contributed by atoms with Crippen LogP contribution in [0.5, 0.6) is 0 Å². The zero-order chi connectivity index (χ0) is 19.5. The molecule has 146 valence electrons. The molecule has 0 aliphatic heterocycles. The van der Waals surface area contributed by atoms with Crippen molar-refractivity contribution in [2.24, 2.45) is 0 Å². The second-order valence-electron chi connectivity index (χ2n) is 7.28. The summed E-state index contributed by atoms with van der Waals surface area (Å²) < 4.78 is 0. The Morgan fingerprint density at radius 2 is 1.93 bits per heavy atom. The summed E-state index contributed by atoms with van der Waals surface area (Å²) in [6, 6.07) is 10.1. The van der Waals surface area contributed by atoms with E-state index in [2.05, 4.69) is 26.7 Å². The average Bonchev–Trinajstić information content (AvgIpc) is 3.07. The second-order valence-corrected chi connectivity index (χ2v) is 8.85. The van der Waals surface area contributed by atoms with E-state index in [4.69, 9.17) is 11.6 Å². The third kappa shape index (κ3) is 4.45. The van der Waals surface area contributed by atoms with Crippen LogP contribution in [0, 0.1) is 6.92 Å². The lowest BCUT2D eigenvalue weighted by Crippen LogP contribution is -2.36. The van der Waals surface area contributed by atoms with Gasteiger partial charge in [0.1, 0.15) is 10.6 Å². The number of aromatic nitrogens is 2. The molecule has 3 aromatic rings. The number of amides is 1.